The number of nitrogens with zero attached hydrogens (tertiary/aromatic N) is 1. The van der Waals surface area contributed by atoms with Crippen LogP contribution in [-0.4, -0.2) is 61.5 Å². The Balaban J connectivity index is 2.38. The van der Waals surface area contributed by atoms with E-state index in [-0.39, 0.29) is 6.61 Å². The fraction of sp³-hybridized carbons (Fsp3) is 1.00. The maximum Gasteiger partial charge on any atom is 0.0598 e. The Hall–Kier alpha value is -0.160. The molecule has 0 aromatic rings. The average molecular weight is 244 g/mol. The SMILES string of the molecule is CCNC(CCO)CN1CCC(OC)CC1C. The normalized spacial score (nSPS) is 28.2. The van der Waals surface area contributed by atoms with Gasteiger partial charge in [-0.1, -0.05) is 6.92 Å². The second-order valence-electron chi connectivity index (χ2n) is 4.99. The van der Waals surface area contributed by atoms with Gasteiger partial charge in [0.25, 0.3) is 0 Å². The van der Waals surface area contributed by atoms with Crippen molar-refractivity contribution in [3.63, 3.8) is 0 Å². The van der Waals surface area contributed by atoms with E-state index in [1.165, 1.54) is 0 Å². The fourth-order valence-corrected chi connectivity index (χ4v) is 2.65. The lowest BCUT2D eigenvalue weighted by Gasteiger charge is -2.39. The highest BCUT2D eigenvalue weighted by Crippen LogP contribution is 2.19. The van der Waals surface area contributed by atoms with Crippen molar-refractivity contribution in [2.75, 3.05) is 33.4 Å². The lowest BCUT2D eigenvalue weighted by Crippen LogP contribution is -2.49. The summed E-state index contributed by atoms with van der Waals surface area (Å²) in [6, 6.07) is 0.986. The number of hydrogen-bond donors (Lipinski definition) is 2. The van der Waals surface area contributed by atoms with E-state index in [0.717, 1.165) is 38.9 Å². The molecule has 0 aromatic carbocycles. The molecule has 1 rings (SSSR count). The molecule has 1 heterocycles. The molecular formula is C13H28N2O2. The van der Waals surface area contributed by atoms with E-state index in [0.29, 0.717) is 18.2 Å². The van der Waals surface area contributed by atoms with Crippen LogP contribution in [0.5, 0.6) is 0 Å². The van der Waals surface area contributed by atoms with Crippen LogP contribution in [0.1, 0.15) is 33.1 Å². The molecule has 0 saturated carbocycles. The van der Waals surface area contributed by atoms with Crippen molar-refractivity contribution < 1.29 is 9.84 Å². The van der Waals surface area contributed by atoms with Gasteiger partial charge >= 0.3 is 0 Å². The third kappa shape index (κ3) is 4.92. The molecule has 1 aliphatic rings. The van der Waals surface area contributed by atoms with Gasteiger partial charge in [-0.3, -0.25) is 4.90 Å². The number of nitrogens with one attached hydrogen (secondary N) is 1. The molecule has 1 fully saturated rings. The van der Waals surface area contributed by atoms with Gasteiger partial charge in [0.05, 0.1) is 6.10 Å². The molecule has 4 heteroatoms. The van der Waals surface area contributed by atoms with E-state index in [4.69, 9.17) is 9.84 Å². The zero-order valence-electron chi connectivity index (χ0n) is 11.5. The first-order valence-corrected chi connectivity index (χ1v) is 6.82. The van der Waals surface area contributed by atoms with Crippen molar-refractivity contribution >= 4 is 0 Å². The Labute approximate surface area is 105 Å². The third-order valence-electron chi connectivity index (χ3n) is 3.72. The molecule has 3 atom stereocenters. The first-order chi connectivity index (χ1) is 8.21. The molecule has 1 aliphatic heterocycles. The van der Waals surface area contributed by atoms with Crippen molar-refractivity contribution in [1.29, 1.82) is 0 Å². The quantitative estimate of drug-likeness (QED) is 0.697. The Morgan fingerprint density at radius 1 is 1.53 bits per heavy atom. The highest BCUT2D eigenvalue weighted by atomic mass is 16.5. The monoisotopic (exact) mass is 244 g/mol. The Morgan fingerprint density at radius 3 is 2.82 bits per heavy atom. The molecule has 102 valence electrons. The predicted octanol–water partition coefficient (Wildman–Crippen LogP) is 0.846. The molecule has 3 unspecified atom stereocenters. The fourth-order valence-electron chi connectivity index (χ4n) is 2.65. The lowest BCUT2D eigenvalue weighted by atomic mass is 9.99. The van der Waals surface area contributed by atoms with Gasteiger partial charge in [0.15, 0.2) is 0 Å². The third-order valence-corrected chi connectivity index (χ3v) is 3.72. The standard InChI is InChI=1S/C13H28N2O2/c1-4-14-12(6-8-16)10-15-7-5-13(17-3)9-11(15)2/h11-14,16H,4-10H2,1-3H3. The number of ether oxygens (including phenoxy) is 1. The molecule has 0 aromatic heterocycles. The Morgan fingerprint density at radius 2 is 2.29 bits per heavy atom. The van der Waals surface area contributed by atoms with Crippen LogP contribution in [-0.2, 0) is 4.74 Å². The van der Waals surface area contributed by atoms with E-state index in [2.05, 4.69) is 24.1 Å². The van der Waals surface area contributed by atoms with Crippen molar-refractivity contribution in [3.05, 3.63) is 0 Å². The van der Waals surface area contributed by atoms with Crippen LogP contribution in [0.4, 0.5) is 0 Å². The van der Waals surface area contributed by atoms with E-state index < -0.39 is 0 Å². The van der Waals surface area contributed by atoms with Crippen LogP contribution in [0.15, 0.2) is 0 Å². The molecule has 0 aliphatic carbocycles. The summed E-state index contributed by atoms with van der Waals surface area (Å²) in [5, 5.41) is 12.5. The van der Waals surface area contributed by atoms with E-state index in [1.54, 1.807) is 7.11 Å². The highest BCUT2D eigenvalue weighted by Gasteiger charge is 2.26. The van der Waals surface area contributed by atoms with Gasteiger partial charge in [0.1, 0.15) is 0 Å². The molecule has 1 saturated heterocycles. The molecule has 2 N–H and O–H groups in total. The minimum absolute atomic E-state index is 0.264. The van der Waals surface area contributed by atoms with Crippen LogP contribution < -0.4 is 5.32 Å². The summed E-state index contributed by atoms with van der Waals surface area (Å²) < 4.78 is 5.43. The second kappa shape index (κ2) is 8.03. The molecule has 0 bridgehead atoms. The van der Waals surface area contributed by atoms with Crippen molar-refractivity contribution in [3.8, 4) is 0 Å². The van der Waals surface area contributed by atoms with Gasteiger partial charge in [0.2, 0.25) is 0 Å². The lowest BCUT2D eigenvalue weighted by molar-refractivity contribution is 0.0118. The van der Waals surface area contributed by atoms with Gasteiger partial charge in [-0.05, 0) is 32.7 Å². The zero-order chi connectivity index (χ0) is 12.7. The maximum atomic E-state index is 9.06. The van der Waals surface area contributed by atoms with Gasteiger partial charge in [0, 0.05) is 38.9 Å². The topological polar surface area (TPSA) is 44.7 Å². The summed E-state index contributed by atoms with van der Waals surface area (Å²) >= 11 is 0. The number of rotatable bonds is 7. The number of methoxy groups -OCH3 is 1. The van der Waals surface area contributed by atoms with Crippen molar-refractivity contribution in [1.82, 2.24) is 10.2 Å². The summed E-state index contributed by atoms with van der Waals surface area (Å²) in [6.45, 7) is 7.76. The smallest absolute Gasteiger partial charge is 0.0598 e. The predicted molar refractivity (Wildman–Crippen MR) is 70.2 cm³/mol. The van der Waals surface area contributed by atoms with Gasteiger partial charge in [-0.15, -0.1) is 0 Å². The number of aliphatic hydroxyl groups is 1. The molecule has 0 spiro atoms. The van der Waals surface area contributed by atoms with Crippen LogP contribution >= 0.6 is 0 Å². The number of likely N-dealkylation sites (N-methyl/N-ethyl adjacent to an activating group) is 1. The molecule has 17 heavy (non-hydrogen) atoms. The number of likely N-dealkylation sites (tertiary alicyclic amines) is 1. The largest absolute Gasteiger partial charge is 0.396 e. The van der Waals surface area contributed by atoms with Gasteiger partial charge in [-0.2, -0.15) is 0 Å². The van der Waals surface area contributed by atoms with E-state index in [9.17, 15) is 0 Å². The van der Waals surface area contributed by atoms with Crippen molar-refractivity contribution in [2.24, 2.45) is 0 Å². The second-order valence-corrected chi connectivity index (χ2v) is 4.99. The van der Waals surface area contributed by atoms with E-state index in [1.807, 2.05) is 0 Å². The zero-order valence-corrected chi connectivity index (χ0v) is 11.5. The van der Waals surface area contributed by atoms with Crippen LogP contribution in [0.2, 0.25) is 0 Å². The Kier molecular flexibility index (Phi) is 7.04. The summed E-state index contributed by atoms with van der Waals surface area (Å²) in [6.07, 6.45) is 3.51. The van der Waals surface area contributed by atoms with Gasteiger partial charge in [-0.25, -0.2) is 0 Å². The van der Waals surface area contributed by atoms with Gasteiger partial charge < -0.3 is 15.2 Å². The molecule has 4 nitrogen and oxygen atoms in total. The summed E-state index contributed by atoms with van der Waals surface area (Å²) in [5.41, 5.74) is 0. The first-order valence-electron chi connectivity index (χ1n) is 6.82. The summed E-state index contributed by atoms with van der Waals surface area (Å²) in [4.78, 5) is 2.51. The Bertz CT molecular complexity index is 196. The number of hydrogen-bond acceptors (Lipinski definition) is 4. The highest BCUT2D eigenvalue weighted by molar-refractivity contribution is 4.82. The van der Waals surface area contributed by atoms with Crippen LogP contribution in [0, 0.1) is 0 Å². The minimum Gasteiger partial charge on any atom is -0.396 e. The van der Waals surface area contributed by atoms with E-state index >= 15 is 0 Å². The van der Waals surface area contributed by atoms with Crippen molar-refractivity contribution in [2.45, 2.75) is 51.3 Å². The maximum absolute atomic E-state index is 9.06. The molecule has 0 radical (unpaired) electrons. The van der Waals surface area contributed by atoms with Crippen LogP contribution in [0.3, 0.4) is 0 Å². The molecular weight excluding hydrogens is 216 g/mol. The van der Waals surface area contributed by atoms with Crippen LogP contribution in [0.25, 0.3) is 0 Å². The number of piperidine rings is 1. The summed E-state index contributed by atoms with van der Waals surface area (Å²) in [5.74, 6) is 0. The first kappa shape index (κ1) is 14.9. The molecule has 0 amide bonds. The summed E-state index contributed by atoms with van der Waals surface area (Å²) in [7, 11) is 1.81. The minimum atomic E-state index is 0.264. The number of aliphatic hydroxyl groups excluding tert-OH is 1. The average Bonchev–Trinajstić information content (AvgIpc) is 2.32.